The second kappa shape index (κ2) is 8.18. The van der Waals surface area contributed by atoms with Crippen molar-refractivity contribution in [1.29, 1.82) is 0 Å². The average molecular weight is 431 g/mol. The Balaban J connectivity index is 1.58. The molecular weight excluding hydrogens is 415 g/mol. The lowest BCUT2D eigenvalue weighted by atomic mass is 10.1. The van der Waals surface area contributed by atoms with E-state index >= 15 is 0 Å². The van der Waals surface area contributed by atoms with Gasteiger partial charge in [0, 0.05) is 11.4 Å². The van der Waals surface area contributed by atoms with E-state index in [0.717, 1.165) is 5.56 Å². The first-order valence-corrected chi connectivity index (χ1v) is 8.91. The van der Waals surface area contributed by atoms with Gasteiger partial charge in [0.05, 0.1) is 6.42 Å². The molecule has 5 nitrogen and oxygen atoms in total. The highest BCUT2D eigenvalue weighted by molar-refractivity contribution is 9.10. The topological polar surface area (TPSA) is 71.3 Å². The number of hydrogen-bond donors (Lipinski definition) is 2. The Morgan fingerprint density at radius 1 is 1.04 bits per heavy atom. The first-order chi connectivity index (χ1) is 12.9. The molecule has 2 amide bonds. The molecule has 0 aliphatic heterocycles. The molecule has 0 bridgehead atoms. The van der Waals surface area contributed by atoms with Gasteiger partial charge in [-0.3, -0.25) is 9.59 Å². The highest BCUT2D eigenvalue weighted by Crippen LogP contribution is 2.18. The van der Waals surface area contributed by atoms with Crippen LogP contribution in [0.4, 0.5) is 15.8 Å². The molecule has 138 valence electrons. The Hall–Kier alpha value is -2.93. The van der Waals surface area contributed by atoms with Gasteiger partial charge in [0.1, 0.15) is 5.82 Å². The Labute approximate surface area is 163 Å². The quantitative estimate of drug-likeness (QED) is 0.602. The first kappa shape index (κ1) is 18.8. The fourth-order valence-electron chi connectivity index (χ4n) is 2.48. The number of nitrogens with one attached hydrogen (secondary N) is 2. The summed E-state index contributed by atoms with van der Waals surface area (Å²) >= 11 is 3.15. The summed E-state index contributed by atoms with van der Waals surface area (Å²) in [5.74, 6) is -0.718. The van der Waals surface area contributed by atoms with E-state index in [1.807, 2.05) is 0 Å². The number of amides is 2. The van der Waals surface area contributed by atoms with E-state index in [0.29, 0.717) is 21.6 Å². The van der Waals surface area contributed by atoms with Crippen LogP contribution >= 0.6 is 15.9 Å². The lowest BCUT2D eigenvalue weighted by Crippen LogP contribution is -2.15. The number of halogens is 2. The monoisotopic (exact) mass is 430 g/mol. The van der Waals surface area contributed by atoms with Crippen molar-refractivity contribution in [2.24, 2.45) is 0 Å². The van der Waals surface area contributed by atoms with Crippen LogP contribution in [0.25, 0.3) is 0 Å². The van der Waals surface area contributed by atoms with Gasteiger partial charge in [-0.2, -0.15) is 0 Å². The van der Waals surface area contributed by atoms with Gasteiger partial charge >= 0.3 is 0 Å². The highest BCUT2D eigenvalue weighted by atomic mass is 79.9. The number of rotatable bonds is 5. The van der Waals surface area contributed by atoms with Crippen LogP contribution in [0.5, 0.6) is 0 Å². The maximum absolute atomic E-state index is 13.1. The molecule has 7 heteroatoms. The second-order valence-electron chi connectivity index (χ2n) is 5.94. The molecule has 0 saturated carbocycles. The first-order valence-electron chi connectivity index (χ1n) is 8.12. The number of furan rings is 1. The van der Waals surface area contributed by atoms with Gasteiger partial charge < -0.3 is 15.1 Å². The van der Waals surface area contributed by atoms with Gasteiger partial charge in [-0.25, -0.2) is 4.39 Å². The van der Waals surface area contributed by atoms with Crippen molar-refractivity contribution in [1.82, 2.24) is 0 Å². The zero-order valence-electron chi connectivity index (χ0n) is 14.4. The predicted octanol–water partition coefficient (Wildman–Crippen LogP) is 4.92. The summed E-state index contributed by atoms with van der Waals surface area (Å²) in [4.78, 5) is 24.2. The van der Waals surface area contributed by atoms with Crippen LogP contribution in [0.1, 0.15) is 21.7 Å². The summed E-state index contributed by atoms with van der Waals surface area (Å²) in [6.07, 6.45) is 0.163. The average Bonchev–Trinajstić information content (AvgIpc) is 3.06. The summed E-state index contributed by atoms with van der Waals surface area (Å²) in [7, 11) is 0. The molecule has 1 heterocycles. The number of carbonyl (C=O) groups is 2. The highest BCUT2D eigenvalue weighted by Gasteiger charge is 2.11. The molecule has 0 fully saturated rings. The standard InChI is InChI=1S/C20H16BrFN2O3/c1-12-10-14(22)4-7-16(12)24-19(25)11-13-2-5-15(6-3-13)23-20(26)17-8-9-18(21)27-17/h2-10H,11H2,1H3,(H,23,26)(H,24,25). The van der Waals surface area contributed by atoms with Crippen LogP contribution in [0.3, 0.4) is 0 Å². The molecule has 2 N–H and O–H groups in total. The molecule has 3 aromatic rings. The summed E-state index contributed by atoms with van der Waals surface area (Å²) in [5.41, 5.74) is 2.61. The molecule has 0 atom stereocenters. The summed E-state index contributed by atoms with van der Waals surface area (Å²) in [6.45, 7) is 1.73. The smallest absolute Gasteiger partial charge is 0.291 e. The number of aryl methyl sites for hydroxylation is 1. The van der Waals surface area contributed by atoms with Crippen LogP contribution in [-0.4, -0.2) is 11.8 Å². The van der Waals surface area contributed by atoms with Gasteiger partial charge in [0.2, 0.25) is 5.91 Å². The summed E-state index contributed by atoms with van der Waals surface area (Å²) in [5, 5.41) is 5.48. The fourth-order valence-corrected chi connectivity index (χ4v) is 2.79. The number of anilines is 2. The zero-order chi connectivity index (χ0) is 19.4. The van der Waals surface area contributed by atoms with Crippen molar-refractivity contribution in [3.8, 4) is 0 Å². The van der Waals surface area contributed by atoms with Crippen molar-refractivity contribution < 1.29 is 18.4 Å². The van der Waals surface area contributed by atoms with Gasteiger partial charge in [-0.05, 0) is 76.4 Å². The Bertz CT molecular complexity index is 983. The molecule has 1 aromatic heterocycles. The SMILES string of the molecule is Cc1cc(F)ccc1NC(=O)Cc1ccc(NC(=O)c2ccc(Br)o2)cc1. The van der Waals surface area contributed by atoms with Crippen molar-refractivity contribution in [2.45, 2.75) is 13.3 Å². The van der Waals surface area contributed by atoms with E-state index in [2.05, 4.69) is 26.6 Å². The van der Waals surface area contributed by atoms with Gasteiger partial charge in [0.15, 0.2) is 10.4 Å². The molecule has 3 rings (SSSR count). The van der Waals surface area contributed by atoms with Crippen molar-refractivity contribution in [3.63, 3.8) is 0 Å². The summed E-state index contributed by atoms with van der Waals surface area (Å²) in [6, 6.07) is 14.3. The molecular formula is C20H16BrFN2O3. The molecule has 0 spiro atoms. The van der Waals surface area contributed by atoms with E-state index < -0.39 is 0 Å². The Morgan fingerprint density at radius 2 is 1.78 bits per heavy atom. The van der Waals surface area contributed by atoms with Crippen molar-refractivity contribution >= 4 is 39.1 Å². The minimum atomic E-state index is -0.363. The van der Waals surface area contributed by atoms with E-state index in [-0.39, 0.29) is 29.8 Å². The maximum atomic E-state index is 13.1. The molecule has 0 radical (unpaired) electrons. The van der Waals surface area contributed by atoms with E-state index in [1.54, 1.807) is 43.3 Å². The predicted molar refractivity (Wildman–Crippen MR) is 104 cm³/mol. The number of hydrogen-bond acceptors (Lipinski definition) is 3. The van der Waals surface area contributed by atoms with Crippen LogP contribution in [0.15, 0.2) is 63.7 Å². The minimum absolute atomic E-state index is 0.163. The number of benzene rings is 2. The lowest BCUT2D eigenvalue weighted by Gasteiger charge is -2.09. The summed E-state index contributed by atoms with van der Waals surface area (Å²) < 4.78 is 18.8. The van der Waals surface area contributed by atoms with Crippen LogP contribution in [0, 0.1) is 12.7 Å². The van der Waals surface area contributed by atoms with E-state index in [4.69, 9.17) is 4.42 Å². The van der Waals surface area contributed by atoms with Crippen LogP contribution in [-0.2, 0) is 11.2 Å². The number of carbonyl (C=O) groups excluding carboxylic acids is 2. The lowest BCUT2D eigenvalue weighted by molar-refractivity contribution is -0.115. The third kappa shape index (κ3) is 5.04. The zero-order valence-corrected chi connectivity index (χ0v) is 16.0. The Kier molecular flexibility index (Phi) is 5.71. The third-order valence-electron chi connectivity index (χ3n) is 3.84. The molecule has 0 saturated heterocycles. The van der Waals surface area contributed by atoms with E-state index in [9.17, 15) is 14.0 Å². The van der Waals surface area contributed by atoms with Gasteiger partial charge in [-0.15, -0.1) is 0 Å². The van der Waals surface area contributed by atoms with Crippen molar-refractivity contribution in [3.05, 3.63) is 82.0 Å². The second-order valence-corrected chi connectivity index (χ2v) is 6.72. The molecule has 0 aliphatic rings. The largest absolute Gasteiger partial charge is 0.444 e. The van der Waals surface area contributed by atoms with Crippen molar-refractivity contribution in [2.75, 3.05) is 10.6 Å². The molecule has 2 aromatic carbocycles. The van der Waals surface area contributed by atoms with E-state index in [1.165, 1.54) is 18.2 Å². The molecule has 0 unspecified atom stereocenters. The fraction of sp³-hybridized carbons (Fsp3) is 0.100. The molecule has 0 aliphatic carbocycles. The maximum Gasteiger partial charge on any atom is 0.291 e. The van der Waals surface area contributed by atoms with Gasteiger partial charge in [0.25, 0.3) is 5.91 Å². The molecule has 27 heavy (non-hydrogen) atoms. The normalized spacial score (nSPS) is 10.5. The van der Waals surface area contributed by atoms with Gasteiger partial charge in [-0.1, -0.05) is 12.1 Å². The van der Waals surface area contributed by atoms with Crippen LogP contribution in [0.2, 0.25) is 0 Å². The minimum Gasteiger partial charge on any atom is -0.444 e. The third-order valence-corrected chi connectivity index (χ3v) is 4.26. The van der Waals surface area contributed by atoms with Crippen LogP contribution < -0.4 is 10.6 Å². The Morgan fingerprint density at radius 3 is 2.41 bits per heavy atom.